The second-order valence-electron chi connectivity index (χ2n) is 1.51. The van der Waals surface area contributed by atoms with Crippen LogP contribution >= 0.6 is 0 Å². The fourth-order valence-electron chi connectivity index (χ4n) is 0.368. The first-order chi connectivity index (χ1) is 3.35. The molecule has 0 radical (unpaired) electrons. The van der Waals surface area contributed by atoms with E-state index in [2.05, 4.69) is 6.92 Å². The van der Waals surface area contributed by atoms with Crippen LogP contribution in [0.2, 0.25) is 0 Å². The van der Waals surface area contributed by atoms with Crippen LogP contribution in [0.5, 0.6) is 0 Å². The third-order valence-electron chi connectivity index (χ3n) is 1.08. The molecule has 0 spiro atoms. The van der Waals surface area contributed by atoms with Crippen molar-refractivity contribution in [3.8, 4) is 0 Å². The molecule has 1 nitrogen and oxygen atoms in total. The second-order valence-corrected chi connectivity index (χ2v) is 1.51. The summed E-state index contributed by atoms with van der Waals surface area (Å²) in [6.45, 7) is 5.86. The fraction of sp³-hybridized carbons (Fsp3) is 0.667. The number of aliphatic hydroxyl groups excluding tert-OH is 1. The molecule has 0 amide bonds. The summed E-state index contributed by atoms with van der Waals surface area (Å²) in [5.41, 5.74) is 0. The van der Waals surface area contributed by atoms with Gasteiger partial charge in [0.1, 0.15) is 6.92 Å². The van der Waals surface area contributed by atoms with Gasteiger partial charge in [-0.1, -0.05) is 0 Å². The summed E-state index contributed by atoms with van der Waals surface area (Å²) in [5.74, 6) is 1.13. The summed E-state index contributed by atoms with van der Waals surface area (Å²) in [6.07, 6.45) is 1.73. The van der Waals surface area contributed by atoms with E-state index in [-0.39, 0.29) is 6.61 Å². The molecular weight excluding hydrogens is 88.1 g/mol. The molecule has 0 bridgehead atoms. The number of aliphatic hydroxyl groups is 1. The van der Waals surface area contributed by atoms with Crippen molar-refractivity contribution in [1.29, 1.82) is 0 Å². The molecule has 0 unspecified atom stereocenters. The van der Waals surface area contributed by atoms with Gasteiger partial charge in [0.15, 0.2) is 12.5 Å². The minimum atomic E-state index is 0.208. The van der Waals surface area contributed by atoms with Crippen molar-refractivity contribution in [2.24, 2.45) is 0 Å². The predicted molar refractivity (Wildman–Crippen MR) is 30.6 cm³/mol. The number of hydrogen-bond acceptors (Lipinski definition) is 1. The van der Waals surface area contributed by atoms with Crippen molar-refractivity contribution in [2.45, 2.75) is 19.8 Å². The van der Waals surface area contributed by atoms with Crippen molar-refractivity contribution in [2.75, 3.05) is 6.61 Å². The Morgan fingerprint density at radius 2 is 2.29 bits per heavy atom. The van der Waals surface area contributed by atoms with Gasteiger partial charge in [-0.25, -0.2) is 0 Å². The van der Waals surface area contributed by atoms with E-state index in [0.29, 0.717) is 0 Å². The van der Waals surface area contributed by atoms with Gasteiger partial charge in [-0.15, -0.1) is 0 Å². The SMILES string of the molecule is [CH2+]C[C+](CC)CO. The Hall–Kier alpha value is -0.300. The maximum Gasteiger partial charge on any atom is 0.220 e. The molecule has 40 valence electrons. The minimum absolute atomic E-state index is 0.208. The normalized spacial score (nSPS) is 8.86. The Morgan fingerprint density at radius 3 is 2.29 bits per heavy atom. The summed E-state index contributed by atoms with van der Waals surface area (Å²) < 4.78 is 0. The van der Waals surface area contributed by atoms with Crippen molar-refractivity contribution >= 4 is 0 Å². The molecule has 0 aromatic rings. The molecule has 1 heteroatoms. The van der Waals surface area contributed by atoms with Gasteiger partial charge in [0.05, 0.1) is 6.42 Å². The van der Waals surface area contributed by atoms with E-state index in [9.17, 15) is 0 Å². The molecule has 0 fully saturated rings. The zero-order chi connectivity index (χ0) is 5.70. The zero-order valence-corrected chi connectivity index (χ0v) is 4.78. The van der Waals surface area contributed by atoms with Crippen LogP contribution in [-0.2, 0) is 0 Å². The van der Waals surface area contributed by atoms with Gasteiger partial charge in [0.2, 0.25) is 6.42 Å². The van der Waals surface area contributed by atoms with Crippen LogP contribution in [0.3, 0.4) is 0 Å². The van der Waals surface area contributed by atoms with E-state index in [1.54, 1.807) is 0 Å². The molecule has 0 saturated heterocycles. The van der Waals surface area contributed by atoms with Crippen LogP contribution in [0.25, 0.3) is 0 Å². The topological polar surface area (TPSA) is 20.2 Å². The lowest BCUT2D eigenvalue weighted by Gasteiger charge is -1.87. The molecule has 0 aliphatic carbocycles. The largest absolute Gasteiger partial charge is 0.355 e. The van der Waals surface area contributed by atoms with Crippen LogP contribution in [-0.4, -0.2) is 11.7 Å². The second kappa shape index (κ2) is 3.88. The van der Waals surface area contributed by atoms with Gasteiger partial charge in [0.25, 0.3) is 0 Å². The summed E-state index contributed by atoms with van der Waals surface area (Å²) in [7, 11) is 0. The summed E-state index contributed by atoms with van der Waals surface area (Å²) in [4.78, 5) is 0. The minimum Gasteiger partial charge on any atom is -0.355 e. The van der Waals surface area contributed by atoms with E-state index in [1.165, 1.54) is 0 Å². The fourth-order valence-corrected chi connectivity index (χ4v) is 0.368. The quantitative estimate of drug-likeness (QED) is 0.528. The van der Waals surface area contributed by atoms with Crippen molar-refractivity contribution in [3.05, 3.63) is 12.8 Å². The summed E-state index contributed by atoms with van der Waals surface area (Å²) in [6, 6.07) is 0. The first-order valence-corrected chi connectivity index (χ1v) is 2.58. The highest BCUT2D eigenvalue weighted by Gasteiger charge is 2.14. The van der Waals surface area contributed by atoms with Crippen LogP contribution in [0.1, 0.15) is 19.8 Å². The van der Waals surface area contributed by atoms with Crippen LogP contribution in [0.15, 0.2) is 0 Å². The average molecular weight is 100 g/mol. The Morgan fingerprint density at radius 1 is 1.71 bits per heavy atom. The van der Waals surface area contributed by atoms with E-state index in [4.69, 9.17) is 5.11 Å². The van der Waals surface area contributed by atoms with Gasteiger partial charge < -0.3 is 5.11 Å². The van der Waals surface area contributed by atoms with Crippen LogP contribution in [0, 0.1) is 12.8 Å². The molecule has 0 aromatic carbocycles. The van der Waals surface area contributed by atoms with Crippen LogP contribution < -0.4 is 0 Å². The monoisotopic (exact) mass is 100 g/mol. The Labute approximate surface area is 45.4 Å². The lowest BCUT2D eigenvalue weighted by Crippen LogP contribution is -1.98. The Balaban J connectivity index is 2.99. The zero-order valence-electron chi connectivity index (χ0n) is 4.78. The maximum atomic E-state index is 8.45. The maximum absolute atomic E-state index is 8.45. The Kier molecular flexibility index (Phi) is 3.71. The van der Waals surface area contributed by atoms with E-state index in [1.807, 2.05) is 6.92 Å². The highest BCUT2D eigenvalue weighted by molar-refractivity contribution is 4.87. The molecule has 1 N–H and O–H groups in total. The smallest absolute Gasteiger partial charge is 0.220 e. The molecule has 0 atom stereocenters. The van der Waals surface area contributed by atoms with Gasteiger partial charge in [-0.2, -0.15) is 0 Å². The molecule has 0 saturated carbocycles. The van der Waals surface area contributed by atoms with Gasteiger partial charge in [-0.05, 0) is 6.92 Å². The van der Waals surface area contributed by atoms with Crippen molar-refractivity contribution < 1.29 is 5.11 Å². The van der Waals surface area contributed by atoms with Gasteiger partial charge in [-0.3, -0.25) is 0 Å². The molecular formula is C6H12O+2. The molecule has 0 aliphatic rings. The standard InChI is InChI=1S/C6H12O/c1-3-6(4-2)5-7/h7H,1,3-5H2,2H3/q+2. The third-order valence-corrected chi connectivity index (χ3v) is 1.08. The van der Waals surface area contributed by atoms with E-state index >= 15 is 0 Å². The number of rotatable bonds is 3. The summed E-state index contributed by atoms with van der Waals surface area (Å²) >= 11 is 0. The van der Waals surface area contributed by atoms with Crippen LogP contribution in [0.4, 0.5) is 0 Å². The molecule has 0 rings (SSSR count). The van der Waals surface area contributed by atoms with Gasteiger partial charge in [0, 0.05) is 0 Å². The van der Waals surface area contributed by atoms with Crippen molar-refractivity contribution in [3.63, 3.8) is 0 Å². The number of hydrogen-bond donors (Lipinski definition) is 1. The third kappa shape index (κ3) is 2.40. The molecule has 0 aliphatic heterocycles. The first-order valence-electron chi connectivity index (χ1n) is 2.58. The average Bonchev–Trinajstić information content (AvgIpc) is 1.72. The predicted octanol–water partition coefficient (Wildman–Crippen LogP) is 1.19. The highest BCUT2D eigenvalue weighted by atomic mass is 16.3. The van der Waals surface area contributed by atoms with E-state index in [0.717, 1.165) is 18.8 Å². The van der Waals surface area contributed by atoms with Gasteiger partial charge >= 0.3 is 0 Å². The summed E-state index contributed by atoms with van der Waals surface area (Å²) in [5, 5.41) is 8.45. The van der Waals surface area contributed by atoms with E-state index < -0.39 is 0 Å². The lowest BCUT2D eigenvalue weighted by atomic mass is 10.1. The molecule has 0 heterocycles. The first kappa shape index (κ1) is 6.70. The highest BCUT2D eigenvalue weighted by Crippen LogP contribution is 2.06. The lowest BCUT2D eigenvalue weighted by molar-refractivity contribution is 0.300. The molecule has 7 heavy (non-hydrogen) atoms. The van der Waals surface area contributed by atoms with Crippen molar-refractivity contribution in [1.82, 2.24) is 0 Å². The Bertz CT molecular complexity index is 25.7. The molecule has 0 aromatic heterocycles.